The van der Waals surface area contributed by atoms with Gasteiger partial charge in [-0.05, 0) is 322 Å². The average Bonchev–Trinajstić information content (AvgIpc) is 1.45. The highest BCUT2D eigenvalue weighted by molar-refractivity contribution is 5.19. The molecule has 10 fully saturated rings. The normalized spacial score (nSPS) is 28.8. The Bertz CT molecular complexity index is 3110. The summed E-state index contributed by atoms with van der Waals surface area (Å²) in [5.41, 5.74) is 5.40. The first kappa shape index (κ1) is 137. The van der Waals surface area contributed by atoms with Gasteiger partial charge in [0.25, 0.3) is 0 Å². The highest BCUT2D eigenvalue weighted by atomic mass is 16.5. The Balaban J connectivity index is 0.00000163. The number of hydrogen-bond acceptors (Lipinski definition) is 11. The first-order valence-electron chi connectivity index (χ1n) is 58.0. The van der Waals surface area contributed by atoms with E-state index < -0.39 is 0 Å². The zero-order valence-electron chi connectivity index (χ0n) is 108. The van der Waals surface area contributed by atoms with Gasteiger partial charge in [-0.1, -0.05) is 304 Å². The van der Waals surface area contributed by atoms with Gasteiger partial charge in [-0.25, -0.2) is 0 Å². The first-order chi connectivity index (χ1) is 60.7. The molecule has 0 aromatic rings. The molecular formula is C126H264N10O. The van der Waals surface area contributed by atoms with E-state index in [9.17, 15) is 0 Å². The second-order valence-electron chi connectivity index (χ2n) is 65.2. The zero-order chi connectivity index (χ0) is 110. The molecule has 6 heterocycles. The SMILES string of the molecule is CC.CC.CC.CC.CC.CC(C)(C)C1C(C(C)(C)C)N(C(C)(C)C)CC2(CC2)CN1C(C)(C)C.CC(C)(C)C1C(C(C)(C)C)N(C(C)(C)C)CC2(CCC2)CN1C(C)(C)C.CC(C)(C)C1C(C(C)(C)C)N(C(C)(C)C)CC2(COC2)CN1C(C)(C)C.CC(C)(C)C1C(C(C)(C)C)N(C(C)(C)C)[C@H]2CC[C@H](C2)N1C(C)(C)C.CC(C)(C)C1N[C@@H]2CC[C@@H](C2)N(C(C)(C)C)C1C(C)(C)C.CC(C)C. The summed E-state index contributed by atoms with van der Waals surface area (Å²) in [4.78, 5) is 26.0. The van der Waals surface area contributed by atoms with Gasteiger partial charge >= 0.3 is 0 Å². The Labute approximate surface area is 867 Å². The molecule has 10 aliphatic rings. The van der Waals surface area contributed by atoms with Gasteiger partial charge in [0.05, 0.1) is 13.2 Å². The van der Waals surface area contributed by atoms with Crippen LogP contribution < -0.4 is 5.32 Å². The Morgan fingerprint density at radius 2 is 0.401 bits per heavy atom. The van der Waals surface area contributed by atoms with E-state index >= 15 is 0 Å². The van der Waals surface area contributed by atoms with Gasteiger partial charge < -0.3 is 10.1 Å². The van der Waals surface area contributed by atoms with E-state index in [2.05, 4.69) is 465 Å². The largest absolute Gasteiger partial charge is 0.380 e. The van der Waals surface area contributed by atoms with E-state index in [1.807, 2.05) is 69.2 Å². The van der Waals surface area contributed by atoms with Crippen molar-refractivity contribution in [3.8, 4) is 0 Å². The minimum Gasteiger partial charge on any atom is -0.380 e. The van der Waals surface area contributed by atoms with Gasteiger partial charge in [-0.15, -0.1) is 0 Å². The van der Waals surface area contributed by atoms with Crippen LogP contribution in [0.25, 0.3) is 0 Å². The molecule has 14 atom stereocenters. The molecular weight excluding hydrogens is 1670 g/mol. The predicted octanol–water partition coefficient (Wildman–Crippen LogP) is 34.2. The lowest BCUT2D eigenvalue weighted by Gasteiger charge is -2.59. The van der Waals surface area contributed by atoms with Crippen molar-refractivity contribution >= 4 is 0 Å². The Kier molecular flexibility index (Phi) is 48.5. The fraction of sp³-hybridized carbons (Fsp3) is 1.00. The van der Waals surface area contributed by atoms with E-state index in [0.29, 0.717) is 71.2 Å². The van der Waals surface area contributed by atoms with Gasteiger partial charge in [0.1, 0.15) is 0 Å². The van der Waals surface area contributed by atoms with Gasteiger partial charge in [0, 0.05) is 179 Å². The highest BCUT2D eigenvalue weighted by Crippen LogP contribution is 2.59. The molecule has 0 aromatic carbocycles. The van der Waals surface area contributed by atoms with Crippen LogP contribution in [0, 0.1) is 76.3 Å². The Hall–Kier alpha value is -0.440. The third kappa shape index (κ3) is 37.3. The molecule has 6 saturated heterocycles. The summed E-state index contributed by atoms with van der Waals surface area (Å²) in [6, 6.07) is 8.32. The van der Waals surface area contributed by atoms with Crippen LogP contribution in [0.2, 0.25) is 0 Å². The molecule has 0 amide bonds. The number of ether oxygens (including phenoxy) is 1. The van der Waals surface area contributed by atoms with Crippen LogP contribution in [0.5, 0.6) is 0 Å². The zero-order valence-corrected chi connectivity index (χ0v) is 108. The molecule has 4 bridgehead atoms. The maximum atomic E-state index is 5.78. The first-order valence-corrected chi connectivity index (χ1v) is 58.0. The van der Waals surface area contributed by atoms with Crippen molar-refractivity contribution in [2.45, 2.75) is 690 Å². The van der Waals surface area contributed by atoms with Crippen LogP contribution in [0.1, 0.15) is 555 Å². The molecule has 4 saturated carbocycles. The van der Waals surface area contributed by atoms with E-state index in [-0.39, 0.29) is 109 Å². The second kappa shape index (κ2) is 48.7. The molecule has 11 nitrogen and oxygen atoms in total. The number of nitrogens with one attached hydrogen (secondary N) is 1. The second-order valence-corrected chi connectivity index (χ2v) is 65.2. The minimum absolute atomic E-state index is 0.137. The van der Waals surface area contributed by atoms with Crippen molar-refractivity contribution in [1.29, 1.82) is 0 Å². The number of rotatable bonds is 0. The van der Waals surface area contributed by atoms with E-state index in [4.69, 9.17) is 4.74 Å². The van der Waals surface area contributed by atoms with E-state index in [1.54, 1.807) is 0 Å². The molecule has 4 aliphatic carbocycles. The highest BCUT2D eigenvalue weighted by Gasteiger charge is 2.64. The molecule has 0 radical (unpaired) electrons. The lowest BCUT2D eigenvalue weighted by atomic mass is 9.67. The van der Waals surface area contributed by atoms with Crippen LogP contribution in [-0.4, -0.2) is 231 Å². The van der Waals surface area contributed by atoms with Gasteiger partial charge in [-0.3, -0.25) is 44.1 Å². The third-order valence-electron chi connectivity index (χ3n) is 31.4. The molecule has 137 heavy (non-hydrogen) atoms. The fourth-order valence-corrected chi connectivity index (χ4v) is 26.2. The Morgan fingerprint density at radius 1 is 0.219 bits per heavy atom. The molecule has 1 N–H and O–H groups in total. The van der Waals surface area contributed by atoms with E-state index in [1.165, 1.54) is 96.8 Å². The van der Waals surface area contributed by atoms with Crippen molar-refractivity contribution in [3.63, 3.8) is 0 Å². The van der Waals surface area contributed by atoms with Crippen LogP contribution in [-0.2, 0) is 4.74 Å². The maximum Gasteiger partial charge on any atom is 0.0569 e. The van der Waals surface area contributed by atoms with Crippen LogP contribution in [0.4, 0.5) is 0 Å². The molecule has 0 aromatic heterocycles. The van der Waals surface area contributed by atoms with Gasteiger partial charge in [-0.2, -0.15) is 0 Å². The van der Waals surface area contributed by atoms with Crippen molar-refractivity contribution in [3.05, 3.63) is 0 Å². The number of nitrogens with zero attached hydrogens (tertiary/aromatic N) is 9. The third-order valence-corrected chi connectivity index (χ3v) is 31.4. The van der Waals surface area contributed by atoms with Crippen LogP contribution >= 0.6 is 0 Å². The molecule has 824 valence electrons. The average molecular weight is 1940 g/mol. The van der Waals surface area contributed by atoms with Gasteiger partial charge in [0.2, 0.25) is 0 Å². The summed E-state index contributed by atoms with van der Waals surface area (Å²) in [6.45, 7) is 174. The predicted molar refractivity (Wildman–Crippen MR) is 620 cm³/mol. The lowest BCUT2D eigenvalue weighted by molar-refractivity contribution is -0.144. The lowest BCUT2D eigenvalue weighted by Crippen LogP contribution is -2.69. The molecule has 6 aliphatic heterocycles. The smallest absolute Gasteiger partial charge is 0.0569 e. The summed E-state index contributed by atoms with van der Waals surface area (Å²) < 4.78 is 5.78. The summed E-state index contributed by atoms with van der Waals surface area (Å²) in [5, 5.41) is 4.06. The minimum atomic E-state index is 0.137. The summed E-state index contributed by atoms with van der Waals surface area (Å²) in [5.74, 6) is 0.833. The molecule has 10 unspecified atom stereocenters. The molecule has 11 heteroatoms. The summed E-state index contributed by atoms with van der Waals surface area (Å²) in [7, 11) is 0. The fourth-order valence-electron chi connectivity index (χ4n) is 26.2. The number of fused-ring (bicyclic) bond motifs is 4. The quantitative estimate of drug-likeness (QED) is 0.252. The summed E-state index contributed by atoms with van der Waals surface area (Å²) in [6.07, 6.45) is 15.1. The number of hydrogen-bond donors (Lipinski definition) is 1. The molecule has 10 rings (SSSR count). The topological polar surface area (TPSA) is 50.4 Å². The van der Waals surface area contributed by atoms with Crippen molar-refractivity contribution < 1.29 is 4.74 Å². The standard InChI is InChI=1S/C24H48N2.C23H46N2O.2C23H46N2.C19H38N2.C4H10.5C2H6/c1-20(2,3)18-19(21(4,5)6)26(23(10,11)12)17-24(14-13-15-24)16-25(18)22(7,8)9;1-19(2,3)17-18(20(4,5)6)25(22(10,11)12)14-23(15-26-16-23)13-24(17)21(7,8)9;1-19(2,3)17-18(20(4,5)6)25(22(10,11)12)16-23(13-14-23)15-24(17)21(7,8)9;1-20(2,3)18-19(21(4,5)6)25(23(10,11)12)17-14-13-16(15-17)24(18)22(7,8)9;1-17(2,3)15-16(18(4,5)6)21(19(7,8)9)14-11-10-13(12-14)20-15;1-4(2)3;5*1-2/h18-19H,13-17H2,1-12H3;17-18H,13-16H2,1-12H3;17-18H,13-16H2,1-12H3;16-19H,13-15H2,1-12H3;13-16,20H,10-12H2,1-9H3;4H,1-3H3;5*1-2H3/t;;;16-,17+,18?,19?;13-,14+,15?,16?;;;;;;/m....1....../s1. The monoisotopic (exact) mass is 1930 g/mol. The Morgan fingerprint density at radius 3 is 0.555 bits per heavy atom. The maximum absolute atomic E-state index is 5.78. The van der Waals surface area contributed by atoms with Crippen molar-refractivity contribution in [1.82, 2.24) is 49.4 Å². The van der Waals surface area contributed by atoms with E-state index in [0.717, 1.165) is 56.4 Å². The van der Waals surface area contributed by atoms with Crippen molar-refractivity contribution in [2.75, 3.05) is 52.5 Å². The molecule has 3 spiro atoms. The van der Waals surface area contributed by atoms with Gasteiger partial charge in [0.15, 0.2) is 0 Å². The van der Waals surface area contributed by atoms with Crippen LogP contribution in [0.15, 0.2) is 0 Å². The van der Waals surface area contributed by atoms with Crippen molar-refractivity contribution in [2.24, 2.45) is 76.3 Å². The summed E-state index contributed by atoms with van der Waals surface area (Å²) >= 11 is 0. The van der Waals surface area contributed by atoms with Crippen LogP contribution in [0.3, 0.4) is 0 Å².